The van der Waals surface area contributed by atoms with Crippen LogP contribution in [0.2, 0.25) is 0 Å². The van der Waals surface area contributed by atoms with Crippen LogP contribution in [-0.2, 0) is 9.53 Å². The van der Waals surface area contributed by atoms with Gasteiger partial charge in [-0.25, -0.2) is 4.79 Å². The van der Waals surface area contributed by atoms with Gasteiger partial charge in [0.2, 0.25) is 0 Å². The van der Waals surface area contributed by atoms with Crippen molar-refractivity contribution >= 4 is 18.3 Å². The summed E-state index contributed by atoms with van der Waals surface area (Å²) < 4.78 is 7.06. The molecule has 114 valence electrons. The molecule has 1 aromatic carbocycles. The third-order valence-electron chi connectivity index (χ3n) is 3.46. The zero-order chi connectivity index (χ0) is 16.1. The maximum absolute atomic E-state index is 11.7. The Morgan fingerprint density at radius 1 is 1.23 bits per heavy atom. The number of ether oxygens (including phenoxy) is 1. The minimum atomic E-state index is -0.315. The van der Waals surface area contributed by atoms with Gasteiger partial charge in [-0.1, -0.05) is 0 Å². The minimum Gasteiger partial charge on any atom is -0.462 e. The molecule has 0 saturated carbocycles. The van der Waals surface area contributed by atoms with Gasteiger partial charge in [-0.3, -0.25) is 4.79 Å². The summed E-state index contributed by atoms with van der Waals surface area (Å²) in [5.74, 6) is -0.315. The van der Waals surface area contributed by atoms with E-state index < -0.39 is 0 Å². The Balaban J connectivity index is 2.36. The standard InChI is InChI=1S/C18H19NO3/c1-4-22-18(21)15-7-9-17(10-8-15)19-13(2)12-16(14(19)3)6-5-11-20/h5-12H,4H2,1-3H3. The number of rotatable bonds is 5. The van der Waals surface area contributed by atoms with E-state index in [-0.39, 0.29) is 5.97 Å². The van der Waals surface area contributed by atoms with Gasteiger partial charge in [0, 0.05) is 17.1 Å². The minimum absolute atomic E-state index is 0.315. The molecule has 0 aliphatic carbocycles. The molecule has 0 unspecified atom stereocenters. The first kappa shape index (κ1) is 15.8. The molecule has 0 aliphatic heterocycles. The van der Waals surface area contributed by atoms with Crippen LogP contribution in [0.4, 0.5) is 0 Å². The first-order valence-corrected chi connectivity index (χ1v) is 7.16. The molecule has 0 spiro atoms. The van der Waals surface area contributed by atoms with Crippen LogP contribution in [0.5, 0.6) is 0 Å². The smallest absolute Gasteiger partial charge is 0.338 e. The monoisotopic (exact) mass is 297 g/mol. The number of carbonyl (C=O) groups is 2. The molecule has 22 heavy (non-hydrogen) atoms. The molecule has 1 aromatic heterocycles. The van der Waals surface area contributed by atoms with Crippen LogP contribution in [-0.4, -0.2) is 23.4 Å². The fraction of sp³-hybridized carbons (Fsp3) is 0.222. The lowest BCUT2D eigenvalue weighted by Crippen LogP contribution is -2.05. The Kier molecular flexibility index (Phi) is 4.94. The zero-order valence-electron chi connectivity index (χ0n) is 13.0. The summed E-state index contributed by atoms with van der Waals surface area (Å²) >= 11 is 0. The van der Waals surface area contributed by atoms with E-state index in [4.69, 9.17) is 4.74 Å². The molecule has 4 heteroatoms. The van der Waals surface area contributed by atoms with Crippen LogP contribution in [0.15, 0.2) is 36.4 Å². The van der Waals surface area contributed by atoms with Crippen molar-refractivity contribution in [1.82, 2.24) is 4.57 Å². The molecule has 0 N–H and O–H groups in total. The van der Waals surface area contributed by atoms with Crippen molar-refractivity contribution < 1.29 is 14.3 Å². The van der Waals surface area contributed by atoms with Crippen LogP contribution in [0, 0.1) is 13.8 Å². The molecule has 2 aromatic rings. The lowest BCUT2D eigenvalue weighted by molar-refractivity contribution is -0.104. The van der Waals surface area contributed by atoms with Crippen LogP contribution in [0.25, 0.3) is 11.8 Å². The van der Waals surface area contributed by atoms with Gasteiger partial charge < -0.3 is 9.30 Å². The molecule has 1 heterocycles. The summed E-state index contributed by atoms with van der Waals surface area (Å²) in [7, 11) is 0. The molecule has 2 rings (SSSR count). The SMILES string of the molecule is CCOC(=O)c1ccc(-n2c(C)cc(C=CC=O)c2C)cc1. The first-order chi connectivity index (χ1) is 10.6. The number of allylic oxidation sites excluding steroid dienone is 1. The first-order valence-electron chi connectivity index (χ1n) is 7.16. The second-order valence-electron chi connectivity index (χ2n) is 4.92. The van der Waals surface area contributed by atoms with Gasteiger partial charge in [-0.15, -0.1) is 0 Å². The number of hydrogen-bond acceptors (Lipinski definition) is 3. The number of aryl methyl sites for hydroxylation is 1. The number of hydrogen-bond donors (Lipinski definition) is 0. The van der Waals surface area contributed by atoms with Crippen LogP contribution < -0.4 is 0 Å². The predicted octanol–water partition coefficient (Wildman–Crippen LogP) is 3.48. The maximum atomic E-state index is 11.7. The number of esters is 1. The molecule has 0 fully saturated rings. The number of carbonyl (C=O) groups excluding carboxylic acids is 2. The summed E-state index contributed by atoms with van der Waals surface area (Å²) in [5, 5.41) is 0. The molecule has 0 atom stereocenters. The Hall–Kier alpha value is -2.62. The van der Waals surface area contributed by atoms with E-state index in [0.29, 0.717) is 12.2 Å². The summed E-state index contributed by atoms with van der Waals surface area (Å²) in [6, 6.07) is 9.31. The van der Waals surface area contributed by atoms with E-state index >= 15 is 0 Å². The summed E-state index contributed by atoms with van der Waals surface area (Å²) in [4.78, 5) is 22.1. The highest BCUT2D eigenvalue weighted by molar-refractivity contribution is 5.89. The molecular weight excluding hydrogens is 278 g/mol. The molecule has 0 saturated heterocycles. The van der Waals surface area contributed by atoms with E-state index in [2.05, 4.69) is 4.57 Å². The summed E-state index contributed by atoms with van der Waals surface area (Å²) in [6.45, 7) is 6.15. The predicted molar refractivity (Wildman–Crippen MR) is 86.3 cm³/mol. The highest BCUT2D eigenvalue weighted by Crippen LogP contribution is 2.22. The van der Waals surface area contributed by atoms with Gasteiger partial charge in [-0.05, 0) is 68.8 Å². The molecule has 0 amide bonds. The fourth-order valence-electron chi connectivity index (χ4n) is 2.46. The Morgan fingerprint density at radius 3 is 2.50 bits per heavy atom. The highest BCUT2D eigenvalue weighted by atomic mass is 16.5. The topological polar surface area (TPSA) is 48.3 Å². The third-order valence-corrected chi connectivity index (χ3v) is 3.46. The molecular formula is C18H19NO3. The lowest BCUT2D eigenvalue weighted by Gasteiger charge is -2.10. The van der Waals surface area contributed by atoms with Gasteiger partial charge in [0.1, 0.15) is 6.29 Å². The molecule has 0 radical (unpaired) electrons. The van der Waals surface area contributed by atoms with E-state index in [9.17, 15) is 9.59 Å². The highest BCUT2D eigenvalue weighted by Gasteiger charge is 2.10. The van der Waals surface area contributed by atoms with Gasteiger partial charge in [-0.2, -0.15) is 0 Å². The van der Waals surface area contributed by atoms with Gasteiger partial charge >= 0.3 is 5.97 Å². The van der Waals surface area contributed by atoms with Gasteiger partial charge in [0.15, 0.2) is 0 Å². The van der Waals surface area contributed by atoms with Crippen molar-refractivity contribution in [2.45, 2.75) is 20.8 Å². The second-order valence-corrected chi connectivity index (χ2v) is 4.92. The van der Waals surface area contributed by atoms with Crippen LogP contribution >= 0.6 is 0 Å². The molecule has 0 aliphatic rings. The second kappa shape index (κ2) is 6.89. The van der Waals surface area contributed by atoms with E-state index in [1.165, 1.54) is 6.08 Å². The molecule has 0 bridgehead atoms. The van der Waals surface area contributed by atoms with Gasteiger partial charge in [0.05, 0.1) is 12.2 Å². The number of benzene rings is 1. The Morgan fingerprint density at radius 2 is 1.91 bits per heavy atom. The average Bonchev–Trinajstić information content (AvgIpc) is 2.80. The van der Waals surface area contributed by atoms with E-state index in [1.807, 2.05) is 32.0 Å². The van der Waals surface area contributed by atoms with Crippen LogP contribution in [0.3, 0.4) is 0 Å². The third kappa shape index (κ3) is 3.17. The van der Waals surface area contributed by atoms with Gasteiger partial charge in [0.25, 0.3) is 0 Å². The van der Waals surface area contributed by atoms with Crippen molar-refractivity contribution in [2.24, 2.45) is 0 Å². The fourth-order valence-corrected chi connectivity index (χ4v) is 2.46. The van der Waals surface area contributed by atoms with Crippen molar-refractivity contribution in [3.63, 3.8) is 0 Å². The van der Waals surface area contributed by atoms with Crippen molar-refractivity contribution in [2.75, 3.05) is 6.61 Å². The Labute approximate surface area is 130 Å². The molecule has 4 nitrogen and oxygen atoms in total. The normalized spacial score (nSPS) is 10.9. The van der Waals surface area contributed by atoms with E-state index in [1.54, 1.807) is 25.1 Å². The van der Waals surface area contributed by atoms with Crippen molar-refractivity contribution in [3.8, 4) is 5.69 Å². The summed E-state index contributed by atoms with van der Waals surface area (Å²) in [5.41, 5.74) is 4.61. The largest absolute Gasteiger partial charge is 0.462 e. The zero-order valence-corrected chi connectivity index (χ0v) is 13.0. The number of aldehydes is 1. The van der Waals surface area contributed by atoms with Crippen molar-refractivity contribution in [1.29, 1.82) is 0 Å². The quantitative estimate of drug-likeness (QED) is 0.482. The maximum Gasteiger partial charge on any atom is 0.338 e. The van der Waals surface area contributed by atoms with E-state index in [0.717, 1.165) is 28.9 Å². The average molecular weight is 297 g/mol. The summed E-state index contributed by atoms with van der Waals surface area (Å²) in [6.07, 6.45) is 4.04. The van der Waals surface area contributed by atoms with Crippen molar-refractivity contribution in [3.05, 3.63) is 58.9 Å². The lowest BCUT2D eigenvalue weighted by atomic mass is 10.2. The Bertz CT molecular complexity index is 709. The number of aromatic nitrogens is 1. The number of nitrogens with zero attached hydrogens (tertiary/aromatic N) is 1. The van der Waals surface area contributed by atoms with Crippen LogP contribution in [0.1, 0.15) is 34.2 Å².